The van der Waals surface area contributed by atoms with Crippen LogP contribution in [0.1, 0.15) is 57.6 Å². The Bertz CT molecular complexity index is 844. The van der Waals surface area contributed by atoms with Gasteiger partial charge in [0, 0.05) is 6.54 Å². The zero-order valence-electron chi connectivity index (χ0n) is 18.9. The molecule has 1 amide bonds. The Kier molecular flexibility index (Phi) is 6.65. The number of benzene rings is 1. The van der Waals surface area contributed by atoms with Crippen molar-refractivity contribution in [3.05, 3.63) is 41.2 Å². The average Bonchev–Trinajstić information content (AvgIpc) is 3.09. The van der Waals surface area contributed by atoms with Crippen molar-refractivity contribution < 1.29 is 19.1 Å². The molecule has 168 valence electrons. The summed E-state index contributed by atoms with van der Waals surface area (Å²) < 4.78 is 11.5. The molecule has 3 aliphatic rings. The van der Waals surface area contributed by atoms with Gasteiger partial charge in [-0.25, -0.2) is 0 Å². The number of fused-ring (bicyclic) bond motifs is 1. The molecule has 0 saturated heterocycles. The van der Waals surface area contributed by atoms with Crippen molar-refractivity contribution in [2.24, 2.45) is 5.92 Å². The van der Waals surface area contributed by atoms with E-state index in [1.165, 1.54) is 0 Å². The molecule has 0 aromatic heterocycles. The van der Waals surface area contributed by atoms with Gasteiger partial charge in [-0.2, -0.15) is 0 Å². The lowest BCUT2D eigenvalue weighted by atomic mass is 9.77. The summed E-state index contributed by atoms with van der Waals surface area (Å²) in [7, 11) is 1.63. The van der Waals surface area contributed by atoms with Crippen molar-refractivity contribution in [3.63, 3.8) is 0 Å². The van der Waals surface area contributed by atoms with Gasteiger partial charge in [0.25, 0.3) is 5.91 Å². The normalized spacial score (nSPS) is 25.5. The first-order valence-corrected chi connectivity index (χ1v) is 11.7. The largest absolute Gasteiger partial charge is 0.497 e. The third-order valence-corrected chi connectivity index (χ3v) is 7.06. The van der Waals surface area contributed by atoms with Crippen molar-refractivity contribution >= 4 is 11.7 Å². The summed E-state index contributed by atoms with van der Waals surface area (Å²) >= 11 is 0. The van der Waals surface area contributed by atoms with E-state index in [9.17, 15) is 9.59 Å². The summed E-state index contributed by atoms with van der Waals surface area (Å²) in [4.78, 5) is 31.2. The van der Waals surface area contributed by atoms with Gasteiger partial charge in [0.05, 0.1) is 24.6 Å². The van der Waals surface area contributed by atoms with E-state index in [1.54, 1.807) is 7.11 Å². The second-order valence-electron chi connectivity index (χ2n) is 8.71. The van der Waals surface area contributed by atoms with Crippen molar-refractivity contribution in [1.29, 1.82) is 0 Å². The Morgan fingerprint density at radius 1 is 1.10 bits per heavy atom. The van der Waals surface area contributed by atoms with E-state index in [-0.39, 0.29) is 29.8 Å². The van der Waals surface area contributed by atoms with Gasteiger partial charge in [-0.3, -0.25) is 9.59 Å². The van der Waals surface area contributed by atoms with Gasteiger partial charge in [-0.05, 0) is 63.0 Å². The van der Waals surface area contributed by atoms with Crippen LogP contribution in [0.3, 0.4) is 0 Å². The highest BCUT2D eigenvalue weighted by molar-refractivity contribution is 6.11. The van der Waals surface area contributed by atoms with Crippen LogP contribution in [0.25, 0.3) is 0 Å². The highest BCUT2D eigenvalue weighted by Crippen LogP contribution is 2.46. The summed E-state index contributed by atoms with van der Waals surface area (Å²) in [6.07, 6.45) is 4.54. The van der Waals surface area contributed by atoms with E-state index in [4.69, 9.17) is 9.47 Å². The van der Waals surface area contributed by atoms with Crippen molar-refractivity contribution in [2.75, 3.05) is 33.3 Å². The molecule has 1 fully saturated rings. The molecule has 6 nitrogen and oxygen atoms in total. The molecule has 1 saturated carbocycles. The predicted octanol–water partition coefficient (Wildman–Crippen LogP) is 3.72. The van der Waals surface area contributed by atoms with Gasteiger partial charge in [0.15, 0.2) is 11.5 Å². The van der Waals surface area contributed by atoms with Crippen molar-refractivity contribution in [1.82, 2.24) is 9.80 Å². The minimum atomic E-state index is -0.375. The van der Waals surface area contributed by atoms with Crippen LogP contribution in [0.15, 0.2) is 35.6 Å². The molecule has 0 spiro atoms. The van der Waals surface area contributed by atoms with Crippen LogP contribution in [-0.2, 0) is 14.3 Å². The maximum atomic E-state index is 13.6. The minimum Gasteiger partial charge on any atom is -0.497 e. The molecule has 1 aliphatic carbocycles. The minimum absolute atomic E-state index is 0.114. The van der Waals surface area contributed by atoms with Crippen LogP contribution in [0.4, 0.5) is 0 Å². The fourth-order valence-electron chi connectivity index (χ4n) is 5.26. The quantitative estimate of drug-likeness (QED) is 0.634. The number of hydrogen-bond acceptors (Lipinski definition) is 5. The summed E-state index contributed by atoms with van der Waals surface area (Å²) in [6.45, 7) is 7.82. The van der Waals surface area contributed by atoms with Crippen LogP contribution in [0, 0.1) is 5.92 Å². The van der Waals surface area contributed by atoms with E-state index < -0.39 is 0 Å². The van der Waals surface area contributed by atoms with E-state index in [0.29, 0.717) is 17.9 Å². The maximum absolute atomic E-state index is 13.6. The summed E-state index contributed by atoms with van der Waals surface area (Å²) in [5.74, 6) is 0.932. The van der Waals surface area contributed by atoms with E-state index in [1.807, 2.05) is 29.2 Å². The van der Waals surface area contributed by atoms with E-state index >= 15 is 0 Å². The second-order valence-corrected chi connectivity index (χ2v) is 8.71. The van der Waals surface area contributed by atoms with E-state index in [2.05, 4.69) is 18.7 Å². The average molecular weight is 427 g/mol. The Morgan fingerprint density at radius 3 is 2.48 bits per heavy atom. The number of nitrogens with zero attached hydrogens (tertiary/aromatic N) is 2. The van der Waals surface area contributed by atoms with E-state index in [0.717, 1.165) is 63.1 Å². The van der Waals surface area contributed by atoms with Crippen LogP contribution in [-0.4, -0.2) is 60.9 Å². The van der Waals surface area contributed by atoms with Gasteiger partial charge in [-0.15, -0.1) is 0 Å². The molecule has 3 unspecified atom stereocenters. The van der Waals surface area contributed by atoms with Crippen molar-refractivity contribution in [3.8, 4) is 5.75 Å². The highest BCUT2D eigenvalue weighted by Gasteiger charge is 2.51. The lowest BCUT2D eigenvalue weighted by Gasteiger charge is -2.35. The summed E-state index contributed by atoms with van der Waals surface area (Å²) in [5, 5.41) is 0. The molecular weight excluding hydrogens is 392 g/mol. The SMILES string of the molecule is CCN(CC)CCCN1C(=O)C2=C(C(=O)C3CCCCC3O2)C1c1ccc(OC)cc1. The number of rotatable bonds is 8. The number of methoxy groups -OCH3 is 1. The van der Waals surface area contributed by atoms with Crippen LogP contribution >= 0.6 is 0 Å². The van der Waals surface area contributed by atoms with Crippen LogP contribution in [0.5, 0.6) is 5.75 Å². The smallest absolute Gasteiger partial charge is 0.290 e. The van der Waals surface area contributed by atoms with Crippen LogP contribution < -0.4 is 4.74 Å². The number of ketones is 1. The Hall–Kier alpha value is -2.34. The van der Waals surface area contributed by atoms with Gasteiger partial charge in [0.1, 0.15) is 11.9 Å². The molecule has 2 aliphatic heterocycles. The summed E-state index contributed by atoms with van der Waals surface area (Å²) in [5.41, 5.74) is 1.51. The van der Waals surface area contributed by atoms with Crippen molar-refractivity contribution in [2.45, 2.75) is 58.1 Å². The molecule has 3 atom stereocenters. The Labute approximate surface area is 185 Å². The highest BCUT2D eigenvalue weighted by atomic mass is 16.5. The molecule has 0 N–H and O–H groups in total. The number of ether oxygens (including phenoxy) is 2. The topological polar surface area (TPSA) is 59.1 Å². The lowest BCUT2D eigenvalue weighted by molar-refractivity contribution is -0.135. The number of carbonyl (C=O) groups excluding carboxylic acids is 2. The second kappa shape index (κ2) is 9.43. The molecule has 0 bridgehead atoms. The van der Waals surface area contributed by atoms with Gasteiger partial charge in [-0.1, -0.05) is 32.4 Å². The zero-order chi connectivity index (χ0) is 22.0. The van der Waals surface area contributed by atoms with Crippen LogP contribution in [0.2, 0.25) is 0 Å². The molecule has 2 heterocycles. The fraction of sp³-hybridized carbons (Fsp3) is 0.600. The monoisotopic (exact) mass is 426 g/mol. The molecule has 6 heteroatoms. The van der Waals surface area contributed by atoms with Gasteiger partial charge >= 0.3 is 0 Å². The molecule has 1 aromatic carbocycles. The number of amides is 1. The first kappa shape index (κ1) is 21.9. The first-order chi connectivity index (χ1) is 15.1. The van der Waals surface area contributed by atoms with Gasteiger partial charge in [0.2, 0.25) is 0 Å². The number of hydrogen-bond donors (Lipinski definition) is 0. The molecule has 4 rings (SSSR count). The lowest BCUT2D eigenvalue weighted by Crippen LogP contribution is -2.39. The Balaban J connectivity index is 1.64. The van der Waals surface area contributed by atoms with Gasteiger partial charge < -0.3 is 19.3 Å². The molecular formula is C25H34N2O4. The first-order valence-electron chi connectivity index (χ1n) is 11.7. The number of Topliss-reactive ketones (excluding diaryl/α,β-unsaturated/α-hetero) is 1. The summed E-state index contributed by atoms with van der Waals surface area (Å²) in [6, 6.07) is 7.34. The molecule has 1 aromatic rings. The molecule has 0 radical (unpaired) electrons. The molecule has 31 heavy (non-hydrogen) atoms. The standard InChI is InChI=1S/C25H34N2O4/c1-4-26(5-2)15-8-16-27-22(17-11-13-18(30-3)14-12-17)21-23(28)19-9-6-7-10-20(19)31-24(21)25(27)29/h11-14,19-20,22H,4-10,15-16H2,1-3H3. The third kappa shape index (κ3) is 4.10. The predicted molar refractivity (Wildman–Crippen MR) is 119 cm³/mol. The third-order valence-electron chi connectivity index (χ3n) is 7.06. The maximum Gasteiger partial charge on any atom is 0.290 e. The number of carbonyl (C=O) groups is 2. The zero-order valence-corrected chi connectivity index (χ0v) is 18.9. The Morgan fingerprint density at radius 2 is 1.81 bits per heavy atom. The fourth-order valence-corrected chi connectivity index (χ4v) is 5.26.